The Morgan fingerprint density at radius 2 is 1.56 bits per heavy atom. The minimum Gasteiger partial charge on any atom is -0.508 e. The first kappa shape index (κ1) is 29.2. The van der Waals surface area contributed by atoms with Crippen LogP contribution in [0.5, 0.6) is 5.75 Å². The zero-order chi connectivity index (χ0) is 25.8. The molecular weight excluding hydrogens is 464 g/mol. The van der Waals surface area contributed by atoms with Crippen LogP contribution in [-0.2, 0) is 25.6 Å². The molecule has 0 aliphatic heterocycles. The van der Waals surface area contributed by atoms with Crippen LogP contribution in [0, 0.1) is 5.92 Å². The van der Waals surface area contributed by atoms with E-state index in [4.69, 9.17) is 10.8 Å². The van der Waals surface area contributed by atoms with E-state index in [2.05, 4.69) is 16.0 Å². The third-order valence-corrected chi connectivity index (χ3v) is 5.66. The predicted octanol–water partition coefficient (Wildman–Crippen LogP) is -0.798. The van der Waals surface area contributed by atoms with E-state index in [1.54, 1.807) is 26.0 Å². The van der Waals surface area contributed by atoms with E-state index in [1.807, 2.05) is 6.26 Å². The van der Waals surface area contributed by atoms with Crippen LogP contribution in [0.25, 0.3) is 0 Å². The molecule has 0 fully saturated rings. The number of aliphatic carboxylic acids is 1. The second kappa shape index (κ2) is 14.4. The molecule has 0 heterocycles. The zero-order valence-corrected chi connectivity index (χ0v) is 20.3. The fraction of sp³-hybridized carbons (Fsp3) is 0.545. The minimum absolute atomic E-state index is 0.0217. The first-order valence-corrected chi connectivity index (χ1v) is 12.2. The highest BCUT2D eigenvalue weighted by atomic mass is 32.2. The van der Waals surface area contributed by atoms with Crippen LogP contribution in [0.1, 0.15) is 25.8 Å². The number of benzene rings is 1. The lowest BCUT2D eigenvalue weighted by molar-refractivity contribution is -0.142. The number of phenolic OH excluding ortho intramolecular Hbond substituents is 1. The molecule has 4 atom stereocenters. The average molecular weight is 499 g/mol. The summed E-state index contributed by atoms with van der Waals surface area (Å²) >= 11 is 1.45. The number of aliphatic hydroxyl groups excluding tert-OH is 1. The molecule has 11 nitrogen and oxygen atoms in total. The molecule has 0 radical (unpaired) electrons. The summed E-state index contributed by atoms with van der Waals surface area (Å²) in [5, 5.41) is 35.5. The van der Waals surface area contributed by atoms with E-state index in [1.165, 1.54) is 23.9 Å². The summed E-state index contributed by atoms with van der Waals surface area (Å²) in [5.41, 5.74) is 6.17. The van der Waals surface area contributed by atoms with Crippen LogP contribution < -0.4 is 21.7 Å². The highest BCUT2D eigenvalue weighted by Gasteiger charge is 2.31. The van der Waals surface area contributed by atoms with Crippen LogP contribution in [0.2, 0.25) is 0 Å². The fourth-order valence-corrected chi connectivity index (χ4v) is 3.45. The van der Waals surface area contributed by atoms with Gasteiger partial charge in [-0.25, -0.2) is 4.79 Å². The summed E-state index contributed by atoms with van der Waals surface area (Å²) in [7, 11) is 0. The van der Waals surface area contributed by atoms with Gasteiger partial charge in [0.2, 0.25) is 17.7 Å². The van der Waals surface area contributed by atoms with Gasteiger partial charge in [-0.15, -0.1) is 0 Å². The number of phenols is 1. The van der Waals surface area contributed by atoms with Crippen molar-refractivity contribution in [2.24, 2.45) is 11.7 Å². The molecule has 4 unspecified atom stereocenters. The van der Waals surface area contributed by atoms with Gasteiger partial charge in [-0.05, 0) is 42.0 Å². The van der Waals surface area contributed by atoms with Crippen molar-refractivity contribution in [3.05, 3.63) is 29.8 Å². The second-order valence-electron chi connectivity index (χ2n) is 8.13. The number of carbonyl (C=O) groups is 4. The Balaban J connectivity index is 3.05. The predicted molar refractivity (Wildman–Crippen MR) is 128 cm³/mol. The molecular formula is C22H34N4O7S. The van der Waals surface area contributed by atoms with Gasteiger partial charge in [0.05, 0.1) is 6.61 Å². The number of carboxylic acid groups (broad SMARTS) is 1. The summed E-state index contributed by atoms with van der Waals surface area (Å²) in [6, 6.07) is 1.45. The Kier molecular flexibility index (Phi) is 12.4. The largest absolute Gasteiger partial charge is 0.508 e. The van der Waals surface area contributed by atoms with Crippen LogP contribution >= 0.6 is 11.8 Å². The Labute approximate surface area is 202 Å². The highest BCUT2D eigenvalue weighted by molar-refractivity contribution is 7.98. The number of nitrogens with one attached hydrogen (secondary N) is 3. The number of nitrogens with two attached hydrogens (primary N) is 1. The molecule has 1 aromatic carbocycles. The summed E-state index contributed by atoms with van der Waals surface area (Å²) in [6.07, 6.45) is 2.07. The molecule has 1 rings (SSSR count). The number of aliphatic hydroxyl groups is 1. The monoisotopic (exact) mass is 498 g/mol. The molecule has 1 aromatic rings. The highest BCUT2D eigenvalue weighted by Crippen LogP contribution is 2.12. The van der Waals surface area contributed by atoms with E-state index in [-0.39, 0.29) is 24.5 Å². The maximum Gasteiger partial charge on any atom is 0.326 e. The summed E-state index contributed by atoms with van der Waals surface area (Å²) < 4.78 is 0. The molecule has 0 aromatic heterocycles. The Morgan fingerprint density at radius 1 is 0.971 bits per heavy atom. The van der Waals surface area contributed by atoms with Gasteiger partial charge in [-0.2, -0.15) is 11.8 Å². The van der Waals surface area contributed by atoms with E-state index in [0.717, 1.165) is 0 Å². The maximum absolute atomic E-state index is 13.1. The first-order chi connectivity index (χ1) is 16.0. The van der Waals surface area contributed by atoms with E-state index >= 15 is 0 Å². The number of hydrogen-bond donors (Lipinski definition) is 7. The van der Waals surface area contributed by atoms with Crippen molar-refractivity contribution in [2.45, 2.75) is 50.9 Å². The number of aromatic hydroxyl groups is 1. The lowest BCUT2D eigenvalue weighted by atomic mass is 10.00. The van der Waals surface area contributed by atoms with E-state index in [0.29, 0.717) is 11.3 Å². The van der Waals surface area contributed by atoms with Crippen LogP contribution in [-0.4, -0.2) is 81.8 Å². The lowest BCUT2D eigenvalue weighted by Crippen LogP contribution is -2.59. The van der Waals surface area contributed by atoms with Gasteiger partial charge in [0.15, 0.2) is 0 Å². The Bertz CT molecular complexity index is 835. The summed E-state index contributed by atoms with van der Waals surface area (Å²) in [5.74, 6) is -3.09. The van der Waals surface area contributed by atoms with Crippen molar-refractivity contribution >= 4 is 35.5 Å². The molecule has 34 heavy (non-hydrogen) atoms. The summed E-state index contributed by atoms with van der Waals surface area (Å²) in [4.78, 5) is 49.7. The number of rotatable bonds is 14. The molecule has 0 aliphatic rings. The van der Waals surface area contributed by atoms with Crippen LogP contribution in [0.3, 0.4) is 0 Å². The van der Waals surface area contributed by atoms with Crippen molar-refractivity contribution in [3.63, 3.8) is 0 Å². The molecule has 190 valence electrons. The van der Waals surface area contributed by atoms with Gasteiger partial charge >= 0.3 is 5.97 Å². The standard InChI is InChI=1S/C22H34N4O7S/c1-12(2)18(21(31)24-16(22(32)33)8-9-34-3)26-20(30)17(25-19(29)15(23)11-27)10-13-4-6-14(28)7-5-13/h4-7,12,15-18,27-28H,8-11,23H2,1-3H3,(H,24,31)(H,25,29)(H,26,30)(H,32,33). The van der Waals surface area contributed by atoms with Gasteiger partial charge in [0.25, 0.3) is 0 Å². The van der Waals surface area contributed by atoms with E-state index < -0.39 is 54.5 Å². The normalized spacial score (nSPS) is 14.5. The van der Waals surface area contributed by atoms with Crippen molar-refractivity contribution in [2.75, 3.05) is 18.6 Å². The molecule has 0 bridgehead atoms. The topological polar surface area (TPSA) is 191 Å². The SMILES string of the molecule is CSCCC(NC(=O)C(NC(=O)C(Cc1ccc(O)cc1)NC(=O)C(N)CO)C(C)C)C(=O)O. The van der Waals surface area contributed by atoms with Crippen LogP contribution in [0.4, 0.5) is 0 Å². The van der Waals surface area contributed by atoms with Crippen LogP contribution in [0.15, 0.2) is 24.3 Å². The summed E-state index contributed by atoms with van der Waals surface area (Å²) in [6.45, 7) is 2.76. The Hall–Kier alpha value is -2.83. The van der Waals surface area contributed by atoms with E-state index in [9.17, 15) is 29.4 Å². The van der Waals surface area contributed by atoms with Crippen molar-refractivity contribution in [3.8, 4) is 5.75 Å². The van der Waals surface area contributed by atoms with Gasteiger partial charge in [-0.1, -0.05) is 26.0 Å². The van der Waals surface area contributed by atoms with Gasteiger partial charge < -0.3 is 37.0 Å². The number of carbonyl (C=O) groups excluding carboxylic acids is 3. The fourth-order valence-electron chi connectivity index (χ4n) is 2.98. The minimum atomic E-state index is -1.24. The quantitative estimate of drug-likeness (QED) is 0.172. The van der Waals surface area contributed by atoms with Crippen molar-refractivity contribution in [1.29, 1.82) is 0 Å². The van der Waals surface area contributed by atoms with Gasteiger partial charge in [-0.3, -0.25) is 14.4 Å². The number of carboxylic acids is 1. The average Bonchev–Trinajstić information content (AvgIpc) is 2.79. The number of hydrogen-bond acceptors (Lipinski definition) is 8. The number of amides is 3. The lowest BCUT2D eigenvalue weighted by Gasteiger charge is -2.27. The maximum atomic E-state index is 13.1. The molecule has 0 aliphatic carbocycles. The second-order valence-corrected chi connectivity index (χ2v) is 9.12. The third-order valence-electron chi connectivity index (χ3n) is 5.01. The zero-order valence-electron chi connectivity index (χ0n) is 19.5. The molecule has 0 saturated heterocycles. The molecule has 8 N–H and O–H groups in total. The van der Waals surface area contributed by atoms with Crippen molar-refractivity contribution < 1.29 is 34.5 Å². The first-order valence-electron chi connectivity index (χ1n) is 10.8. The third kappa shape index (κ3) is 9.57. The smallest absolute Gasteiger partial charge is 0.326 e. The van der Waals surface area contributed by atoms with Crippen molar-refractivity contribution in [1.82, 2.24) is 16.0 Å². The molecule has 0 saturated carbocycles. The molecule has 3 amide bonds. The van der Waals surface area contributed by atoms with Gasteiger partial charge in [0, 0.05) is 6.42 Å². The molecule has 0 spiro atoms. The number of thioether (sulfide) groups is 1. The molecule has 12 heteroatoms. The Morgan fingerprint density at radius 3 is 2.06 bits per heavy atom. The van der Waals surface area contributed by atoms with Gasteiger partial charge in [0.1, 0.15) is 29.9 Å².